The van der Waals surface area contributed by atoms with Gasteiger partial charge in [0.05, 0.1) is 28.7 Å². The van der Waals surface area contributed by atoms with E-state index in [1.165, 1.54) is 6.07 Å². The fraction of sp³-hybridized carbons (Fsp3) is 0.304. The molecule has 0 aliphatic carbocycles. The number of aromatic nitrogens is 4. The predicted octanol–water partition coefficient (Wildman–Crippen LogP) is 4.84. The molecule has 0 bridgehead atoms. The SMILES string of the molecule is CCn1cnc(-c2ccc(F)c(C)c2)c1-c1ccc2c(c1)n(CC)c(=O)n2CC. The van der Waals surface area contributed by atoms with Crippen molar-refractivity contribution in [3.8, 4) is 22.5 Å². The Kier molecular flexibility index (Phi) is 4.86. The first-order valence-electron chi connectivity index (χ1n) is 10.0. The second-order valence-electron chi connectivity index (χ2n) is 7.17. The molecule has 0 radical (unpaired) electrons. The van der Waals surface area contributed by atoms with Gasteiger partial charge in [0.1, 0.15) is 5.82 Å². The first-order chi connectivity index (χ1) is 14.0. The maximum absolute atomic E-state index is 13.8. The van der Waals surface area contributed by atoms with Crippen molar-refractivity contribution < 1.29 is 4.39 Å². The third kappa shape index (κ3) is 2.99. The van der Waals surface area contributed by atoms with Crippen LogP contribution in [0.2, 0.25) is 0 Å². The van der Waals surface area contributed by atoms with Crippen molar-refractivity contribution in [3.05, 3.63) is 64.6 Å². The summed E-state index contributed by atoms with van der Waals surface area (Å²) in [6.07, 6.45) is 1.82. The van der Waals surface area contributed by atoms with Gasteiger partial charge in [0, 0.05) is 30.8 Å². The summed E-state index contributed by atoms with van der Waals surface area (Å²) in [5.74, 6) is -0.223. The predicted molar refractivity (Wildman–Crippen MR) is 115 cm³/mol. The van der Waals surface area contributed by atoms with Gasteiger partial charge in [-0.25, -0.2) is 14.2 Å². The number of nitrogens with zero attached hydrogens (tertiary/aromatic N) is 4. The molecule has 4 aromatic rings. The maximum Gasteiger partial charge on any atom is 0.329 e. The minimum atomic E-state index is -0.223. The molecule has 0 N–H and O–H groups in total. The number of hydrogen-bond acceptors (Lipinski definition) is 2. The molecule has 0 aliphatic rings. The van der Waals surface area contributed by atoms with Crippen LogP contribution in [0.5, 0.6) is 0 Å². The first kappa shape index (κ1) is 19.2. The summed E-state index contributed by atoms with van der Waals surface area (Å²) in [5.41, 5.74) is 6.12. The van der Waals surface area contributed by atoms with E-state index in [4.69, 9.17) is 0 Å². The van der Waals surface area contributed by atoms with Crippen LogP contribution in [0, 0.1) is 12.7 Å². The molecular formula is C23H25FN4O. The third-order valence-corrected chi connectivity index (χ3v) is 5.53. The Morgan fingerprint density at radius 3 is 2.24 bits per heavy atom. The lowest BCUT2D eigenvalue weighted by molar-refractivity contribution is 0.619. The van der Waals surface area contributed by atoms with Crippen molar-refractivity contribution in [1.29, 1.82) is 0 Å². The van der Waals surface area contributed by atoms with Crippen LogP contribution in [0.15, 0.2) is 47.5 Å². The van der Waals surface area contributed by atoms with Crippen LogP contribution in [-0.4, -0.2) is 18.7 Å². The van der Waals surface area contributed by atoms with Gasteiger partial charge in [-0.2, -0.15) is 0 Å². The molecular weight excluding hydrogens is 367 g/mol. The Morgan fingerprint density at radius 1 is 0.897 bits per heavy atom. The molecule has 0 atom stereocenters. The molecule has 2 aromatic carbocycles. The highest BCUT2D eigenvalue weighted by Crippen LogP contribution is 2.33. The Labute approximate surface area is 169 Å². The summed E-state index contributed by atoms with van der Waals surface area (Å²) in [4.78, 5) is 17.3. The van der Waals surface area contributed by atoms with E-state index in [1.54, 1.807) is 22.1 Å². The topological polar surface area (TPSA) is 44.8 Å². The van der Waals surface area contributed by atoms with E-state index in [9.17, 15) is 9.18 Å². The molecule has 0 unspecified atom stereocenters. The highest BCUT2D eigenvalue weighted by Gasteiger charge is 2.18. The van der Waals surface area contributed by atoms with E-state index in [1.807, 2.05) is 38.4 Å². The maximum atomic E-state index is 13.8. The second kappa shape index (κ2) is 7.35. The molecule has 29 heavy (non-hydrogen) atoms. The summed E-state index contributed by atoms with van der Waals surface area (Å²) in [6, 6.07) is 11.2. The van der Waals surface area contributed by atoms with E-state index in [2.05, 4.69) is 22.5 Å². The van der Waals surface area contributed by atoms with E-state index in [-0.39, 0.29) is 11.5 Å². The molecule has 5 nitrogen and oxygen atoms in total. The molecule has 0 spiro atoms. The van der Waals surface area contributed by atoms with Gasteiger partial charge in [0.15, 0.2) is 0 Å². The number of hydrogen-bond donors (Lipinski definition) is 0. The standard InChI is InChI=1S/C23H25FN4O/c1-5-26-14-25-21(16-8-10-18(24)15(4)12-16)22(26)17-9-11-19-20(13-17)28(7-3)23(29)27(19)6-2/h8-14H,5-7H2,1-4H3. The van der Waals surface area contributed by atoms with Gasteiger partial charge in [-0.1, -0.05) is 6.07 Å². The fourth-order valence-electron chi connectivity index (χ4n) is 4.01. The average molecular weight is 392 g/mol. The molecule has 0 saturated heterocycles. The van der Waals surface area contributed by atoms with E-state index >= 15 is 0 Å². The number of imidazole rings is 2. The van der Waals surface area contributed by atoms with Crippen LogP contribution in [0.3, 0.4) is 0 Å². The zero-order chi connectivity index (χ0) is 20.7. The van der Waals surface area contributed by atoms with Crippen molar-refractivity contribution in [2.45, 2.75) is 47.3 Å². The number of benzene rings is 2. The molecule has 2 heterocycles. The van der Waals surface area contributed by atoms with Gasteiger partial charge in [-0.3, -0.25) is 9.13 Å². The van der Waals surface area contributed by atoms with Gasteiger partial charge in [-0.15, -0.1) is 0 Å². The van der Waals surface area contributed by atoms with Crippen molar-refractivity contribution >= 4 is 11.0 Å². The molecule has 0 saturated carbocycles. The monoisotopic (exact) mass is 392 g/mol. The van der Waals surface area contributed by atoms with Crippen LogP contribution >= 0.6 is 0 Å². The summed E-state index contributed by atoms with van der Waals surface area (Å²) >= 11 is 0. The van der Waals surface area contributed by atoms with Gasteiger partial charge >= 0.3 is 5.69 Å². The van der Waals surface area contributed by atoms with Crippen LogP contribution in [0.1, 0.15) is 26.3 Å². The minimum Gasteiger partial charge on any atom is -0.330 e. The first-order valence-corrected chi connectivity index (χ1v) is 10.0. The van der Waals surface area contributed by atoms with E-state index in [0.29, 0.717) is 18.7 Å². The van der Waals surface area contributed by atoms with Crippen LogP contribution in [0.25, 0.3) is 33.5 Å². The zero-order valence-electron chi connectivity index (χ0n) is 17.2. The molecule has 6 heteroatoms. The van der Waals surface area contributed by atoms with Gasteiger partial charge in [0.25, 0.3) is 0 Å². The van der Waals surface area contributed by atoms with E-state index < -0.39 is 0 Å². The normalized spacial score (nSPS) is 11.5. The smallest absolute Gasteiger partial charge is 0.329 e. The zero-order valence-corrected chi connectivity index (χ0v) is 17.2. The Bertz CT molecular complexity index is 1260. The Hall–Kier alpha value is -3.15. The largest absolute Gasteiger partial charge is 0.330 e. The summed E-state index contributed by atoms with van der Waals surface area (Å²) < 4.78 is 19.5. The van der Waals surface area contributed by atoms with Crippen molar-refractivity contribution in [1.82, 2.24) is 18.7 Å². The summed E-state index contributed by atoms with van der Waals surface area (Å²) in [5, 5.41) is 0. The van der Waals surface area contributed by atoms with Gasteiger partial charge in [0.2, 0.25) is 0 Å². The summed E-state index contributed by atoms with van der Waals surface area (Å²) in [7, 11) is 0. The summed E-state index contributed by atoms with van der Waals surface area (Å²) in [6.45, 7) is 9.80. The highest BCUT2D eigenvalue weighted by molar-refractivity contribution is 5.86. The van der Waals surface area contributed by atoms with E-state index in [0.717, 1.165) is 40.1 Å². The van der Waals surface area contributed by atoms with Crippen molar-refractivity contribution in [2.75, 3.05) is 0 Å². The highest BCUT2D eigenvalue weighted by atomic mass is 19.1. The van der Waals surface area contributed by atoms with Crippen molar-refractivity contribution in [3.63, 3.8) is 0 Å². The Balaban J connectivity index is 1.97. The number of rotatable bonds is 5. The number of aryl methyl sites for hydroxylation is 4. The van der Waals surface area contributed by atoms with Crippen LogP contribution in [0.4, 0.5) is 4.39 Å². The van der Waals surface area contributed by atoms with Crippen molar-refractivity contribution in [2.24, 2.45) is 0 Å². The number of halogens is 1. The van der Waals surface area contributed by atoms with Crippen LogP contribution in [-0.2, 0) is 19.6 Å². The lowest BCUT2D eigenvalue weighted by Gasteiger charge is -2.10. The fourth-order valence-corrected chi connectivity index (χ4v) is 4.01. The molecule has 4 rings (SSSR count). The molecule has 0 aliphatic heterocycles. The van der Waals surface area contributed by atoms with Gasteiger partial charge in [-0.05, 0) is 63.6 Å². The van der Waals surface area contributed by atoms with Gasteiger partial charge < -0.3 is 4.57 Å². The third-order valence-electron chi connectivity index (χ3n) is 5.53. The molecule has 0 fully saturated rings. The Morgan fingerprint density at radius 2 is 1.59 bits per heavy atom. The quantitative estimate of drug-likeness (QED) is 0.488. The molecule has 2 aromatic heterocycles. The molecule has 150 valence electrons. The lowest BCUT2D eigenvalue weighted by Crippen LogP contribution is -2.23. The average Bonchev–Trinajstić information content (AvgIpc) is 3.27. The molecule has 0 amide bonds. The second-order valence-corrected chi connectivity index (χ2v) is 7.17. The van der Waals surface area contributed by atoms with Crippen LogP contribution < -0.4 is 5.69 Å². The minimum absolute atomic E-state index is 0.0144. The number of fused-ring (bicyclic) bond motifs is 1. The lowest BCUT2D eigenvalue weighted by atomic mass is 10.0.